The fourth-order valence-corrected chi connectivity index (χ4v) is 4.03. The smallest absolute Gasteiger partial charge is 0.245 e. The Hall–Kier alpha value is -1.92. The molecule has 3 heterocycles. The molecule has 0 saturated carbocycles. The highest BCUT2D eigenvalue weighted by molar-refractivity contribution is 5.46. The molecule has 2 saturated heterocycles. The molecule has 0 aliphatic carbocycles. The molecule has 2 fully saturated rings. The Labute approximate surface area is 149 Å². The van der Waals surface area contributed by atoms with Gasteiger partial charge in [-0.1, -0.05) is 23.4 Å². The lowest BCUT2D eigenvalue weighted by Crippen LogP contribution is -2.48. The summed E-state index contributed by atoms with van der Waals surface area (Å²) in [6.45, 7) is 8.48. The van der Waals surface area contributed by atoms with Gasteiger partial charge in [0, 0.05) is 45.0 Å². The summed E-state index contributed by atoms with van der Waals surface area (Å²) in [5.41, 5.74) is 1.35. The third-order valence-corrected chi connectivity index (χ3v) is 5.48. The molecule has 2 aromatic rings. The van der Waals surface area contributed by atoms with E-state index in [1.54, 1.807) is 0 Å². The van der Waals surface area contributed by atoms with Crippen LogP contribution < -0.4 is 4.90 Å². The molecule has 0 bridgehead atoms. The molecule has 0 unspecified atom stereocenters. The van der Waals surface area contributed by atoms with Crippen LogP contribution in [0.1, 0.15) is 24.2 Å². The number of benzene rings is 1. The lowest BCUT2D eigenvalue weighted by Gasteiger charge is -2.38. The van der Waals surface area contributed by atoms with Crippen LogP contribution in [0.4, 0.5) is 5.69 Å². The standard InChI is InChI=1S/C19H27N5O/c1-15-20-19(25-21-15)18-14-23(11-10-22(18)2)12-16-8-9-24(13-16)17-6-4-3-5-7-17/h3-7,16,18H,8-14H2,1-2H3/t16-,18+/m1/s1. The average molecular weight is 341 g/mol. The van der Waals surface area contributed by atoms with Crippen molar-refractivity contribution in [3.63, 3.8) is 0 Å². The molecule has 25 heavy (non-hydrogen) atoms. The second-order valence-electron chi connectivity index (χ2n) is 7.37. The van der Waals surface area contributed by atoms with E-state index in [1.165, 1.54) is 12.1 Å². The summed E-state index contributed by atoms with van der Waals surface area (Å²) >= 11 is 0. The van der Waals surface area contributed by atoms with Crippen LogP contribution >= 0.6 is 0 Å². The first-order valence-electron chi connectivity index (χ1n) is 9.22. The van der Waals surface area contributed by atoms with Crippen LogP contribution in [0.15, 0.2) is 34.9 Å². The van der Waals surface area contributed by atoms with Crippen molar-refractivity contribution < 1.29 is 4.52 Å². The molecule has 6 nitrogen and oxygen atoms in total. The number of nitrogens with zero attached hydrogens (tertiary/aromatic N) is 5. The molecule has 0 N–H and O–H groups in total. The molecule has 0 spiro atoms. The number of likely N-dealkylation sites (N-methyl/N-ethyl adjacent to an activating group) is 1. The van der Waals surface area contributed by atoms with Crippen LogP contribution in [0.3, 0.4) is 0 Å². The average Bonchev–Trinajstić information content (AvgIpc) is 3.27. The molecule has 6 heteroatoms. The maximum atomic E-state index is 5.43. The Morgan fingerprint density at radius 1 is 1.12 bits per heavy atom. The van der Waals surface area contributed by atoms with Gasteiger partial charge in [0.1, 0.15) is 6.04 Å². The van der Waals surface area contributed by atoms with Gasteiger partial charge in [-0.2, -0.15) is 4.98 Å². The Kier molecular flexibility index (Phi) is 4.72. The topological polar surface area (TPSA) is 48.6 Å². The number of rotatable bonds is 4. The van der Waals surface area contributed by atoms with Crippen molar-refractivity contribution in [1.82, 2.24) is 19.9 Å². The van der Waals surface area contributed by atoms with Gasteiger partial charge in [0.15, 0.2) is 5.82 Å². The zero-order valence-corrected chi connectivity index (χ0v) is 15.1. The summed E-state index contributed by atoms with van der Waals surface area (Å²) in [6.07, 6.45) is 1.27. The molecule has 134 valence electrons. The molecular weight excluding hydrogens is 314 g/mol. The van der Waals surface area contributed by atoms with Crippen molar-refractivity contribution in [2.75, 3.05) is 51.2 Å². The van der Waals surface area contributed by atoms with E-state index >= 15 is 0 Å². The molecule has 1 aromatic carbocycles. The van der Waals surface area contributed by atoms with Crippen molar-refractivity contribution in [1.29, 1.82) is 0 Å². The molecule has 4 rings (SSSR count). The van der Waals surface area contributed by atoms with Crippen LogP contribution in [-0.2, 0) is 0 Å². The number of aryl methyl sites for hydroxylation is 1. The van der Waals surface area contributed by atoms with Crippen LogP contribution in [0.5, 0.6) is 0 Å². The minimum atomic E-state index is 0.210. The largest absolute Gasteiger partial charge is 0.371 e. The summed E-state index contributed by atoms with van der Waals surface area (Å²) in [4.78, 5) is 11.9. The first kappa shape index (κ1) is 16.5. The minimum absolute atomic E-state index is 0.210. The van der Waals surface area contributed by atoms with Crippen molar-refractivity contribution in [2.24, 2.45) is 5.92 Å². The minimum Gasteiger partial charge on any atom is -0.371 e. The van der Waals surface area contributed by atoms with Gasteiger partial charge in [-0.25, -0.2) is 0 Å². The summed E-state index contributed by atoms with van der Waals surface area (Å²) in [5, 5.41) is 3.96. The monoisotopic (exact) mass is 341 g/mol. The van der Waals surface area contributed by atoms with E-state index in [4.69, 9.17) is 4.52 Å². The van der Waals surface area contributed by atoms with Crippen molar-refractivity contribution >= 4 is 5.69 Å². The van der Waals surface area contributed by atoms with Gasteiger partial charge in [-0.05, 0) is 38.4 Å². The fraction of sp³-hybridized carbons (Fsp3) is 0.579. The first-order chi connectivity index (χ1) is 12.2. The van der Waals surface area contributed by atoms with Crippen LogP contribution in [0.2, 0.25) is 0 Å². The normalized spacial score (nSPS) is 25.6. The predicted octanol–water partition coefficient (Wildman–Crippen LogP) is 2.19. The number of aromatic nitrogens is 2. The van der Waals surface area contributed by atoms with Gasteiger partial charge < -0.3 is 9.42 Å². The molecule has 2 atom stereocenters. The van der Waals surface area contributed by atoms with Crippen LogP contribution in [0.25, 0.3) is 0 Å². The molecule has 2 aliphatic rings. The highest BCUT2D eigenvalue weighted by Crippen LogP contribution is 2.27. The van der Waals surface area contributed by atoms with Gasteiger partial charge in [-0.15, -0.1) is 0 Å². The Bertz CT molecular complexity index is 688. The second-order valence-corrected chi connectivity index (χ2v) is 7.37. The Morgan fingerprint density at radius 2 is 1.96 bits per heavy atom. The third-order valence-electron chi connectivity index (χ3n) is 5.48. The van der Waals surface area contributed by atoms with E-state index in [-0.39, 0.29) is 6.04 Å². The quantitative estimate of drug-likeness (QED) is 0.850. The first-order valence-corrected chi connectivity index (χ1v) is 9.22. The van der Waals surface area contributed by atoms with E-state index in [2.05, 4.69) is 62.2 Å². The lowest BCUT2D eigenvalue weighted by molar-refractivity contribution is 0.0678. The number of hydrogen-bond acceptors (Lipinski definition) is 6. The van der Waals surface area contributed by atoms with Gasteiger partial charge in [0.05, 0.1) is 0 Å². The van der Waals surface area contributed by atoms with Crippen LogP contribution in [-0.4, -0.2) is 66.3 Å². The molecule has 0 radical (unpaired) electrons. The van der Waals surface area contributed by atoms with Crippen molar-refractivity contribution in [3.8, 4) is 0 Å². The van der Waals surface area contributed by atoms with Crippen LogP contribution in [0, 0.1) is 12.8 Å². The van der Waals surface area contributed by atoms with Gasteiger partial charge in [0.25, 0.3) is 0 Å². The lowest BCUT2D eigenvalue weighted by atomic mass is 10.1. The zero-order chi connectivity index (χ0) is 17.2. The highest BCUT2D eigenvalue weighted by atomic mass is 16.5. The van der Waals surface area contributed by atoms with Gasteiger partial charge in [-0.3, -0.25) is 9.80 Å². The summed E-state index contributed by atoms with van der Waals surface area (Å²) in [7, 11) is 2.15. The fourth-order valence-electron chi connectivity index (χ4n) is 4.03. The third kappa shape index (κ3) is 3.70. The molecule has 1 aromatic heterocycles. The Balaban J connectivity index is 1.35. The summed E-state index contributed by atoms with van der Waals surface area (Å²) in [6, 6.07) is 11.0. The maximum absolute atomic E-state index is 5.43. The molecule has 0 amide bonds. The zero-order valence-electron chi connectivity index (χ0n) is 15.1. The summed E-state index contributed by atoms with van der Waals surface area (Å²) < 4.78 is 5.43. The Morgan fingerprint density at radius 3 is 2.72 bits per heavy atom. The number of hydrogen-bond donors (Lipinski definition) is 0. The van der Waals surface area contributed by atoms with Crippen molar-refractivity contribution in [2.45, 2.75) is 19.4 Å². The SMILES string of the molecule is Cc1noc([C@@H]2CN(C[C@H]3CCN(c4ccccc4)C3)CCN2C)n1. The molecular formula is C19H27N5O. The molecule has 2 aliphatic heterocycles. The van der Waals surface area contributed by atoms with E-state index < -0.39 is 0 Å². The van der Waals surface area contributed by atoms with Crippen molar-refractivity contribution in [3.05, 3.63) is 42.0 Å². The van der Waals surface area contributed by atoms with Gasteiger partial charge >= 0.3 is 0 Å². The number of piperazine rings is 1. The van der Waals surface area contributed by atoms with E-state index in [0.717, 1.165) is 56.9 Å². The predicted molar refractivity (Wildman–Crippen MR) is 97.6 cm³/mol. The summed E-state index contributed by atoms with van der Waals surface area (Å²) in [5.74, 6) is 2.20. The highest BCUT2D eigenvalue weighted by Gasteiger charge is 2.32. The number of anilines is 1. The van der Waals surface area contributed by atoms with Gasteiger partial charge in [0.2, 0.25) is 5.89 Å². The van der Waals surface area contributed by atoms with E-state index in [0.29, 0.717) is 0 Å². The second kappa shape index (κ2) is 7.14. The van der Waals surface area contributed by atoms with E-state index in [9.17, 15) is 0 Å². The van der Waals surface area contributed by atoms with E-state index in [1.807, 2.05) is 6.92 Å². The number of para-hydroxylation sites is 1. The maximum Gasteiger partial charge on any atom is 0.245 e.